The van der Waals surface area contributed by atoms with Gasteiger partial charge in [-0.05, 0) is 36.8 Å². The van der Waals surface area contributed by atoms with Crippen LogP contribution in [0.15, 0.2) is 48.8 Å². The number of hydrogen-bond acceptors (Lipinski definition) is 3. The van der Waals surface area contributed by atoms with Gasteiger partial charge in [0.2, 0.25) is 0 Å². The molecule has 3 nitrogen and oxygen atoms in total. The molecule has 0 saturated heterocycles. The van der Waals surface area contributed by atoms with E-state index in [1.165, 1.54) is 12.1 Å². The number of pyridine rings is 2. The van der Waals surface area contributed by atoms with Gasteiger partial charge >= 0.3 is 0 Å². The van der Waals surface area contributed by atoms with Crippen molar-refractivity contribution >= 4 is 10.9 Å². The van der Waals surface area contributed by atoms with Crippen LogP contribution in [0.2, 0.25) is 0 Å². The molecule has 0 amide bonds. The number of nitrogens with zero attached hydrogens (tertiary/aromatic N) is 2. The lowest BCUT2D eigenvalue weighted by molar-refractivity contribution is 0.628. The lowest BCUT2D eigenvalue weighted by Gasteiger charge is -2.13. The van der Waals surface area contributed by atoms with E-state index in [0.29, 0.717) is 0 Å². The van der Waals surface area contributed by atoms with E-state index in [1.807, 2.05) is 25.1 Å². The molecule has 0 aliphatic heterocycles. The Bertz CT molecular complexity index is 769. The van der Waals surface area contributed by atoms with Crippen molar-refractivity contribution in [1.29, 1.82) is 0 Å². The van der Waals surface area contributed by atoms with Crippen molar-refractivity contribution in [1.82, 2.24) is 9.97 Å². The maximum absolute atomic E-state index is 13.4. The Morgan fingerprint density at radius 2 is 2.05 bits per heavy atom. The summed E-state index contributed by atoms with van der Waals surface area (Å²) >= 11 is 0. The Labute approximate surface area is 116 Å². The summed E-state index contributed by atoms with van der Waals surface area (Å²) in [5, 5.41) is 0.931. The fourth-order valence-electron chi connectivity index (χ4n) is 2.25. The third-order valence-electron chi connectivity index (χ3n) is 3.23. The molecule has 0 saturated carbocycles. The monoisotopic (exact) mass is 267 g/mol. The molecule has 20 heavy (non-hydrogen) atoms. The predicted molar refractivity (Wildman–Crippen MR) is 77.5 cm³/mol. The lowest BCUT2D eigenvalue weighted by atomic mass is 9.99. The molecule has 0 fully saturated rings. The van der Waals surface area contributed by atoms with Gasteiger partial charge in [0.15, 0.2) is 0 Å². The van der Waals surface area contributed by atoms with Crippen molar-refractivity contribution in [3.05, 3.63) is 60.2 Å². The summed E-state index contributed by atoms with van der Waals surface area (Å²) in [6, 6.07) is 10.0. The summed E-state index contributed by atoms with van der Waals surface area (Å²) in [5.74, 6) is -0.283. The third kappa shape index (κ3) is 2.26. The second-order valence-electron chi connectivity index (χ2n) is 4.79. The van der Waals surface area contributed by atoms with Gasteiger partial charge in [-0.15, -0.1) is 0 Å². The fourth-order valence-corrected chi connectivity index (χ4v) is 2.25. The number of fused-ring (bicyclic) bond motifs is 1. The van der Waals surface area contributed by atoms with Crippen molar-refractivity contribution in [2.45, 2.75) is 13.0 Å². The molecule has 0 aliphatic carbocycles. The number of benzene rings is 1. The van der Waals surface area contributed by atoms with Gasteiger partial charge in [-0.3, -0.25) is 4.98 Å². The topological polar surface area (TPSA) is 51.8 Å². The fraction of sp³-hybridized carbons (Fsp3) is 0.125. The van der Waals surface area contributed by atoms with Crippen LogP contribution >= 0.6 is 0 Å². The minimum absolute atomic E-state index is 0.189. The highest BCUT2D eigenvalue weighted by atomic mass is 19.1. The molecule has 2 aromatic heterocycles. The zero-order chi connectivity index (χ0) is 14.1. The summed E-state index contributed by atoms with van der Waals surface area (Å²) in [6.45, 7) is 1.89. The zero-order valence-corrected chi connectivity index (χ0v) is 11.0. The van der Waals surface area contributed by atoms with Crippen molar-refractivity contribution in [3.8, 4) is 11.3 Å². The molecule has 1 atom stereocenters. The summed E-state index contributed by atoms with van der Waals surface area (Å²) in [7, 11) is 0. The highest BCUT2D eigenvalue weighted by molar-refractivity contribution is 5.82. The van der Waals surface area contributed by atoms with Crippen LogP contribution in [0.4, 0.5) is 4.39 Å². The normalized spacial score (nSPS) is 12.6. The van der Waals surface area contributed by atoms with Gasteiger partial charge in [0, 0.05) is 29.4 Å². The minimum atomic E-state index is -0.283. The number of hydrogen-bond donors (Lipinski definition) is 1. The molecule has 3 aromatic rings. The maximum atomic E-state index is 13.4. The van der Waals surface area contributed by atoms with Gasteiger partial charge in [-0.2, -0.15) is 0 Å². The molecule has 0 spiro atoms. The molecule has 0 bridgehead atoms. The van der Waals surface area contributed by atoms with Gasteiger partial charge in [-0.25, -0.2) is 9.37 Å². The third-order valence-corrected chi connectivity index (χ3v) is 3.23. The number of halogens is 1. The van der Waals surface area contributed by atoms with Crippen LogP contribution in [0, 0.1) is 5.82 Å². The second kappa shape index (κ2) is 4.98. The summed E-state index contributed by atoms with van der Waals surface area (Å²) in [6.07, 6.45) is 3.44. The van der Waals surface area contributed by atoms with Crippen LogP contribution < -0.4 is 5.73 Å². The Balaban J connectivity index is 2.29. The van der Waals surface area contributed by atoms with Crippen LogP contribution in [0.25, 0.3) is 22.2 Å². The average Bonchev–Trinajstić information content (AvgIpc) is 2.46. The first-order valence-electron chi connectivity index (χ1n) is 6.41. The van der Waals surface area contributed by atoms with Crippen LogP contribution in [0.1, 0.15) is 18.5 Å². The van der Waals surface area contributed by atoms with Gasteiger partial charge in [0.1, 0.15) is 5.82 Å². The smallest absolute Gasteiger partial charge is 0.123 e. The zero-order valence-electron chi connectivity index (χ0n) is 11.0. The molecule has 0 aliphatic rings. The Morgan fingerprint density at radius 1 is 1.20 bits per heavy atom. The number of rotatable bonds is 2. The molecule has 0 radical (unpaired) electrons. The summed E-state index contributed by atoms with van der Waals surface area (Å²) in [4.78, 5) is 8.71. The second-order valence-corrected chi connectivity index (χ2v) is 4.79. The molecule has 3 rings (SSSR count). The van der Waals surface area contributed by atoms with Gasteiger partial charge in [-0.1, -0.05) is 12.1 Å². The lowest BCUT2D eigenvalue weighted by Crippen LogP contribution is -2.08. The van der Waals surface area contributed by atoms with Crippen LogP contribution in [0.3, 0.4) is 0 Å². The molecule has 100 valence electrons. The van der Waals surface area contributed by atoms with E-state index >= 15 is 0 Å². The highest BCUT2D eigenvalue weighted by Gasteiger charge is 2.13. The van der Waals surface area contributed by atoms with E-state index in [-0.39, 0.29) is 11.9 Å². The molecule has 1 aromatic carbocycles. The molecular weight excluding hydrogens is 253 g/mol. The summed E-state index contributed by atoms with van der Waals surface area (Å²) in [5.41, 5.74) is 9.19. The van der Waals surface area contributed by atoms with E-state index in [9.17, 15) is 4.39 Å². The Morgan fingerprint density at radius 3 is 2.80 bits per heavy atom. The van der Waals surface area contributed by atoms with Gasteiger partial charge in [0.05, 0.1) is 11.2 Å². The van der Waals surface area contributed by atoms with E-state index in [0.717, 1.165) is 27.7 Å². The van der Waals surface area contributed by atoms with Crippen LogP contribution in [-0.2, 0) is 0 Å². The minimum Gasteiger partial charge on any atom is -0.324 e. The van der Waals surface area contributed by atoms with Crippen molar-refractivity contribution in [2.75, 3.05) is 0 Å². The van der Waals surface area contributed by atoms with E-state index in [1.54, 1.807) is 18.5 Å². The van der Waals surface area contributed by atoms with Crippen molar-refractivity contribution in [2.24, 2.45) is 5.73 Å². The standard InChI is InChI=1S/C16H14FN3/c1-10(18)14-8-12-9-19-6-5-15(12)20-16(14)11-3-2-4-13(17)7-11/h2-10H,18H2,1H3. The molecule has 4 heteroatoms. The molecule has 1 unspecified atom stereocenters. The van der Waals surface area contributed by atoms with Crippen LogP contribution in [-0.4, -0.2) is 9.97 Å². The first kappa shape index (κ1) is 12.7. The quantitative estimate of drug-likeness (QED) is 0.773. The average molecular weight is 267 g/mol. The SMILES string of the molecule is CC(N)c1cc2cnccc2nc1-c1cccc(F)c1. The van der Waals surface area contributed by atoms with Crippen molar-refractivity contribution < 1.29 is 4.39 Å². The Hall–Kier alpha value is -2.33. The van der Waals surface area contributed by atoms with Crippen LogP contribution in [0.5, 0.6) is 0 Å². The maximum Gasteiger partial charge on any atom is 0.123 e. The van der Waals surface area contributed by atoms with E-state index < -0.39 is 0 Å². The van der Waals surface area contributed by atoms with E-state index in [4.69, 9.17) is 5.73 Å². The summed E-state index contributed by atoms with van der Waals surface area (Å²) < 4.78 is 13.4. The van der Waals surface area contributed by atoms with Gasteiger partial charge < -0.3 is 5.73 Å². The largest absolute Gasteiger partial charge is 0.324 e. The number of nitrogens with two attached hydrogens (primary N) is 1. The Kier molecular flexibility index (Phi) is 3.16. The predicted octanol–water partition coefficient (Wildman–Crippen LogP) is 3.46. The number of aromatic nitrogens is 2. The first-order chi connectivity index (χ1) is 9.65. The van der Waals surface area contributed by atoms with Crippen molar-refractivity contribution in [3.63, 3.8) is 0 Å². The molecule has 2 N–H and O–H groups in total. The highest BCUT2D eigenvalue weighted by Crippen LogP contribution is 2.29. The molecular formula is C16H14FN3. The molecule has 2 heterocycles. The first-order valence-corrected chi connectivity index (χ1v) is 6.41. The van der Waals surface area contributed by atoms with E-state index in [2.05, 4.69) is 9.97 Å². The van der Waals surface area contributed by atoms with Gasteiger partial charge in [0.25, 0.3) is 0 Å².